The maximum absolute atomic E-state index is 16.3. The number of nitrogens with zero attached hydrogens (tertiary/aromatic N) is 5. The number of halogens is 1. The predicted octanol–water partition coefficient (Wildman–Crippen LogP) is 13.6. The third-order valence-electron chi connectivity index (χ3n) is 11.2. The SMILES string of the molecule is Fc1cccc2c1sc1c(-n3c4ccccc4c4ccccc43)cc(-c3nc(-c4ccccc4)nc(-c4ccccc4)n3)c(-n3c4ccccc4c4ccccc43)c12. The summed E-state index contributed by atoms with van der Waals surface area (Å²) in [5, 5.41) is 6.30. The first-order chi connectivity index (χ1) is 28.7. The van der Waals surface area contributed by atoms with Crippen molar-refractivity contribution < 1.29 is 4.39 Å². The third kappa shape index (κ3) is 4.84. The van der Waals surface area contributed by atoms with Gasteiger partial charge in [0.1, 0.15) is 5.82 Å². The molecule has 0 unspecified atom stereocenters. The lowest BCUT2D eigenvalue weighted by Gasteiger charge is -2.19. The molecule has 0 saturated heterocycles. The molecule has 272 valence electrons. The number of para-hydroxylation sites is 4. The summed E-state index contributed by atoms with van der Waals surface area (Å²) in [6, 6.07) is 61.8. The molecule has 5 nitrogen and oxygen atoms in total. The van der Waals surface area contributed by atoms with Crippen LogP contribution in [-0.2, 0) is 0 Å². The van der Waals surface area contributed by atoms with Gasteiger partial charge in [-0.2, -0.15) is 0 Å². The second-order valence-corrected chi connectivity index (χ2v) is 15.5. The Hall–Kier alpha value is -7.48. The van der Waals surface area contributed by atoms with Crippen molar-refractivity contribution in [2.24, 2.45) is 0 Å². The van der Waals surface area contributed by atoms with Gasteiger partial charge in [0.05, 0.1) is 42.8 Å². The Kier molecular flexibility index (Phi) is 7.21. The smallest absolute Gasteiger partial charge is 0.166 e. The molecular weight excluding hydrogens is 734 g/mol. The molecule has 0 saturated carbocycles. The molecule has 0 bridgehead atoms. The zero-order valence-corrected chi connectivity index (χ0v) is 31.7. The number of hydrogen-bond donors (Lipinski definition) is 0. The molecule has 8 aromatic carbocycles. The molecule has 0 radical (unpaired) electrons. The lowest BCUT2D eigenvalue weighted by atomic mass is 10.0. The van der Waals surface area contributed by atoms with Crippen LogP contribution in [-0.4, -0.2) is 24.1 Å². The average molecular weight is 764 g/mol. The van der Waals surface area contributed by atoms with Crippen LogP contribution in [0.5, 0.6) is 0 Å². The highest BCUT2D eigenvalue weighted by Gasteiger charge is 2.28. The molecule has 0 fully saturated rings. The fraction of sp³-hybridized carbons (Fsp3) is 0. The molecule has 0 N–H and O–H groups in total. The van der Waals surface area contributed by atoms with Crippen molar-refractivity contribution in [2.45, 2.75) is 0 Å². The van der Waals surface area contributed by atoms with Gasteiger partial charge < -0.3 is 9.13 Å². The summed E-state index contributed by atoms with van der Waals surface area (Å²) >= 11 is 1.49. The van der Waals surface area contributed by atoms with Crippen molar-refractivity contribution in [3.05, 3.63) is 188 Å². The van der Waals surface area contributed by atoms with Gasteiger partial charge in [-0.1, -0.05) is 146 Å². The summed E-state index contributed by atoms with van der Waals surface area (Å²) in [5.74, 6) is 1.40. The largest absolute Gasteiger partial charge is 0.308 e. The second-order valence-electron chi connectivity index (χ2n) is 14.5. The van der Waals surface area contributed by atoms with Crippen LogP contribution in [0.4, 0.5) is 4.39 Å². The van der Waals surface area contributed by atoms with E-state index in [1.54, 1.807) is 6.07 Å². The normalized spacial score (nSPS) is 11.9. The van der Waals surface area contributed by atoms with Crippen molar-refractivity contribution in [1.29, 1.82) is 0 Å². The van der Waals surface area contributed by atoms with E-state index in [1.807, 2.05) is 72.8 Å². The zero-order valence-electron chi connectivity index (χ0n) is 30.8. The Balaban J connectivity index is 1.33. The van der Waals surface area contributed by atoms with Crippen LogP contribution in [0.3, 0.4) is 0 Å². The van der Waals surface area contributed by atoms with E-state index in [9.17, 15) is 0 Å². The number of benzene rings is 8. The Labute approximate surface area is 335 Å². The minimum absolute atomic E-state index is 0.250. The van der Waals surface area contributed by atoms with Crippen LogP contribution >= 0.6 is 11.3 Å². The van der Waals surface area contributed by atoms with E-state index >= 15 is 4.39 Å². The number of aromatic nitrogens is 5. The Morgan fingerprint density at radius 2 is 0.828 bits per heavy atom. The fourth-order valence-corrected chi connectivity index (χ4v) is 9.96. The number of rotatable bonds is 5. The van der Waals surface area contributed by atoms with Crippen molar-refractivity contribution in [3.63, 3.8) is 0 Å². The Bertz CT molecular complexity index is 3420. The summed E-state index contributed by atoms with van der Waals surface area (Å²) < 4.78 is 22.5. The first-order valence-electron chi connectivity index (χ1n) is 19.2. The standard InChI is InChI=1S/C51H30FN5S/c52-39-25-15-24-37-45-46(57-42-28-13-9-22-35(42)36-23-10-14-29-43(36)57)38(51-54-49(31-16-3-1-4-17-31)53-50(55-51)32-18-5-2-6-19-32)30-44(48(45)58-47(37)39)56-40-26-11-7-20-33(40)34-21-8-12-27-41(34)56/h1-30H. The van der Waals surface area contributed by atoms with Crippen molar-refractivity contribution >= 4 is 75.1 Å². The van der Waals surface area contributed by atoms with Crippen molar-refractivity contribution in [3.8, 4) is 45.5 Å². The molecule has 7 heteroatoms. The molecule has 0 aliphatic carbocycles. The Morgan fingerprint density at radius 1 is 0.397 bits per heavy atom. The lowest BCUT2D eigenvalue weighted by molar-refractivity contribution is 0.642. The highest BCUT2D eigenvalue weighted by Crippen LogP contribution is 2.49. The van der Waals surface area contributed by atoms with Gasteiger partial charge in [-0.3, -0.25) is 0 Å². The van der Waals surface area contributed by atoms with E-state index in [4.69, 9.17) is 15.0 Å². The minimum Gasteiger partial charge on any atom is -0.308 e. The molecule has 12 rings (SSSR count). The third-order valence-corrected chi connectivity index (χ3v) is 12.5. The summed E-state index contributed by atoms with van der Waals surface area (Å²) in [5.41, 5.74) is 8.57. The molecule has 0 atom stereocenters. The van der Waals surface area contributed by atoms with E-state index in [2.05, 4.69) is 112 Å². The first-order valence-corrected chi connectivity index (χ1v) is 20.0. The van der Waals surface area contributed by atoms with Gasteiger partial charge in [-0.05, 0) is 36.4 Å². The molecule has 4 aromatic heterocycles. The van der Waals surface area contributed by atoms with Crippen LogP contribution in [0.2, 0.25) is 0 Å². The van der Waals surface area contributed by atoms with Crippen molar-refractivity contribution in [2.75, 3.05) is 0 Å². The number of thiophene rings is 1. The predicted molar refractivity (Wildman–Crippen MR) is 238 cm³/mol. The van der Waals surface area contributed by atoms with Crippen molar-refractivity contribution in [1.82, 2.24) is 24.1 Å². The maximum Gasteiger partial charge on any atom is 0.166 e. The maximum atomic E-state index is 16.3. The van der Waals surface area contributed by atoms with Crippen LogP contribution in [0.1, 0.15) is 0 Å². The van der Waals surface area contributed by atoms with E-state index in [0.29, 0.717) is 22.2 Å². The van der Waals surface area contributed by atoms with E-state index < -0.39 is 0 Å². The van der Waals surface area contributed by atoms with Crippen LogP contribution in [0, 0.1) is 5.82 Å². The molecule has 4 heterocycles. The summed E-state index contributed by atoms with van der Waals surface area (Å²) in [6.07, 6.45) is 0. The molecule has 0 aliphatic heterocycles. The van der Waals surface area contributed by atoms with Gasteiger partial charge in [0.15, 0.2) is 17.5 Å². The summed E-state index contributed by atoms with van der Waals surface area (Å²) in [7, 11) is 0. The molecule has 0 spiro atoms. The van der Waals surface area contributed by atoms with Crippen LogP contribution in [0.25, 0.3) is 109 Å². The first kappa shape index (κ1) is 32.7. The highest BCUT2D eigenvalue weighted by molar-refractivity contribution is 7.26. The molecule has 0 aliphatic rings. The summed E-state index contributed by atoms with van der Waals surface area (Å²) in [6.45, 7) is 0. The quantitative estimate of drug-likeness (QED) is 0.175. The van der Waals surface area contributed by atoms with Gasteiger partial charge >= 0.3 is 0 Å². The molecule has 58 heavy (non-hydrogen) atoms. The van der Waals surface area contributed by atoms with E-state index in [0.717, 1.165) is 87.1 Å². The van der Waals surface area contributed by atoms with E-state index in [1.165, 1.54) is 11.3 Å². The van der Waals surface area contributed by atoms with Gasteiger partial charge in [-0.25, -0.2) is 19.3 Å². The van der Waals surface area contributed by atoms with Gasteiger partial charge in [0, 0.05) is 49.0 Å². The average Bonchev–Trinajstić information content (AvgIpc) is 3.96. The Morgan fingerprint density at radius 3 is 1.34 bits per heavy atom. The second kappa shape index (κ2) is 12.8. The highest BCUT2D eigenvalue weighted by atomic mass is 32.1. The lowest BCUT2D eigenvalue weighted by Crippen LogP contribution is -2.06. The molecule has 12 aromatic rings. The number of fused-ring (bicyclic) bond motifs is 9. The van der Waals surface area contributed by atoms with Gasteiger partial charge in [0.25, 0.3) is 0 Å². The van der Waals surface area contributed by atoms with Crippen LogP contribution in [0.15, 0.2) is 182 Å². The minimum atomic E-state index is -0.250. The van der Waals surface area contributed by atoms with E-state index in [-0.39, 0.29) is 5.82 Å². The monoisotopic (exact) mass is 763 g/mol. The van der Waals surface area contributed by atoms with Gasteiger partial charge in [-0.15, -0.1) is 11.3 Å². The fourth-order valence-electron chi connectivity index (χ4n) is 8.75. The van der Waals surface area contributed by atoms with Crippen LogP contribution < -0.4 is 0 Å². The molecule has 0 amide bonds. The molecular formula is C51H30FN5S. The van der Waals surface area contributed by atoms with Gasteiger partial charge in [0.2, 0.25) is 0 Å². The number of hydrogen-bond acceptors (Lipinski definition) is 4. The topological polar surface area (TPSA) is 48.5 Å². The summed E-state index contributed by atoms with van der Waals surface area (Å²) in [4.78, 5) is 15.8. The zero-order chi connectivity index (χ0) is 38.3.